The number of aromatic nitrogens is 1. The molecule has 3 rings (SSSR count). The van der Waals surface area contributed by atoms with Gasteiger partial charge >= 0.3 is 0 Å². The molecule has 2 aromatic carbocycles. The third kappa shape index (κ3) is 4.22. The number of nitrogens with one attached hydrogen (secondary N) is 2. The number of hydrogen-bond acceptors (Lipinski definition) is 3. The maximum atomic E-state index is 13.2. The summed E-state index contributed by atoms with van der Waals surface area (Å²) in [5.74, 6) is -2.31. The van der Waals surface area contributed by atoms with Crippen LogP contribution in [0.2, 0.25) is 0 Å². The van der Waals surface area contributed by atoms with Crippen LogP contribution >= 0.6 is 0 Å². The molecule has 1 aromatic heterocycles. The van der Waals surface area contributed by atoms with E-state index < -0.39 is 17.5 Å². The number of nitrogens with zero attached hydrogens (tertiary/aromatic N) is 1. The molecule has 0 saturated carbocycles. The first-order chi connectivity index (χ1) is 12.5. The zero-order valence-corrected chi connectivity index (χ0v) is 14.0. The van der Waals surface area contributed by atoms with Crippen LogP contribution in [0.5, 0.6) is 0 Å². The molecule has 0 fully saturated rings. The first-order valence-electron chi connectivity index (χ1n) is 8.07. The van der Waals surface area contributed by atoms with Crippen molar-refractivity contribution in [1.29, 1.82) is 0 Å². The van der Waals surface area contributed by atoms with Crippen molar-refractivity contribution in [1.82, 2.24) is 4.98 Å². The number of anilines is 2. The molecule has 26 heavy (non-hydrogen) atoms. The number of carbonyl (C=O) groups is 1. The minimum Gasteiger partial charge on any atom is -0.377 e. The number of hydrogen-bond donors (Lipinski definition) is 2. The van der Waals surface area contributed by atoms with Gasteiger partial charge in [0.05, 0.1) is 11.9 Å². The smallest absolute Gasteiger partial charge is 0.256 e. The zero-order chi connectivity index (χ0) is 18.5. The van der Waals surface area contributed by atoms with Crippen molar-refractivity contribution in [2.75, 3.05) is 10.6 Å². The first kappa shape index (κ1) is 17.5. The van der Waals surface area contributed by atoms with E-state index in [0.717, 1.165) is 23.4 Å². The van der Waals surface area contributed by atoms with Gasteiger partial charge in [-0.1, -0.05) is 30.3 Å². The summed E-state index contributed by atoms with van der Waals surface area (Å²) in [5, 5.41) is 5.87. The third-order valence-corrected chi connectivity index (χ3v) is 3.87. The van der Waals surface area contributed by atoms with Crippen LogP contribution in [0.15, 0.2) is 66.9 Å². The molecule has 3 aromatic rings. The third-order valence-electron chi connectivity index (χ3n) is 3.87. The number of benzene rings is 2. The molecule has 0 aliphatic heterocycles. The molecule has 1 unspecified atom stereocenters. The number of rotatable bonds is 5. The van der Waals surface area contributed by atoms with Crippen LogP contribution < -0.4 is 10.6 Å². The van der Waals surface area contributed by atoms with E-state index in [1.807, 2.05) is 37.3 Å². The molecule has 0 saturated heterocycles. The van der Waals surface area contributed by atoms with E-state index in [2.05, 4.69) is 15.6 Å². The Labute approximate surface area is 149 Å². The van der Waals surface area contributed by atoms with Crippen LogP contribution in [0, 0.1) is 11.6 Å². The molecule has 1 heterocycles. The van der Waals surface area contributed by atoms with Gasteiger partial charge in [0.15, 0.2) is 11.6 Å². The molecule has 6 heteroatoms. The fourth-order valence-electron chi connectivity index (χ4n) is 2.45. The lowest BCUT2D eigenvalue weighted by Crippen LogP contribution is -2.13. The zero-order valence-electron chi connectivity index (χ0n) is 14.0. The Morgan fingerprint density at radius 3 is 2.42 bits per heavy atom. The van der Waals surface area contributed by atoms with Crippen LogP contribution in [-0.2, 0) is 0 Å². The molecule has 4 nitrogen and oxygen atoms in total. The Morgan fingerprint density at radius 2 is 1.77 bits per heavy atom. The van der Waals surface area contributed by atoms with Gasteiger partial charge in [-0.3, -0.25) is 4.79 Å². The Bertz CT molecular complexity index is 899. The van der Waals surface area contributed by atoms with Crippen molar-refractivity contribution in [2.24, 2.45) is 0 Å². The highest BCUT2D eigenvalue weighted by atomic mass is 19.2. The topological polar surface area (TPSA) is 54.0 Å². The van der Waals surface area contributed by atoms with Crippen molar-refractivity contribution < 1.29 is 13.6 Å². The maximum absolute atomic E-state index is 13.2. The van der Waals surface area contributed by atoms with Crippen molar-refractivity contribution in [3.63, 3.8) is 0 Å². The summed E-state index contributed by atoms with van der Waals surface area (Å²) in [5.41, 5.74) is 1.96. The second-order valence-corrected chi connectivity index (χ2v) is 5.79. The SMILES string of the molecule is CC(Nc1ccc(NC(=O)c2ccc(F)c(F)c2)nc1)c1ccccc1. The minimum atomic E-state index is -1.07. The van der Waals surface area contributed by atoms with Gasteiger partial charge in [-0.05, 0) is 42.8 Å². The predicted molar refractivity (Wildman–Crippen MR) is 97.0 cm³/mol. The van der Waals surface area contributed by atoms with Crippen molar-refractivity contribution in [2.45, 2.75) is 13.0 Å². The Morgan fingerprint density at radius 1 is 1.00 bits per heavy atom. The highest BCUT2D eigenvalue weighted by Gasteiger charge is 2.11. The molecular formula is C20H17F2N3O. The van der Waals surface area contributed by atoms with Gasteiger partial charge in [-0.2, -0.15) is 0 Å². The standard InChI is InChI=1S/C20H17F2N3O/c1-13(14-5-3-2-4-6-14)24-16-8-10-19(23-12-16)25-20(26)15-7-9-17(21)18(22)11-15/h2-13,24H,1H3,(H,23,25,26). The molecule has 1 atom stereocenters. The molecule has 0 radical (unpaired) electrons. The van der Waals surface area contributed by atoms with Crippen molar-refractivity contribution in [3.05, 3.63) is 89.6 Å². The summed E-state index contributed by atoms with van der Waals surface area (Å²) >= 11 is 0. The first-order valence-corrected chi connectivity index (χ1v) is 8.07. The minimum absolute atomic E-state index is 0.0191. The molecular weight excluding hydrogens is 336 g/mol. The molecule has 0 bridgehead atoms. The average Bonchev–Trinajstić information content (AvgIpc) is 2.66. The molecule has 2 N–H and O–H groups in total. The lowest BCUT2D eigenvalue weighted by atomic mass is 10.1. The quantitative estimate of drug-likeness (QED) is 0.694. The fourth-order valence-corrected chi connectivity index (χ4v) is 2.45. The lowest BCUT2D eigenvalue weighted by Gasteiger charge is -2.15. The second-order valence-electron chi connectivity index (χ2n) is 5.79. The summed E-state index contributed by atoms with van der Waals surface area (Å²) in [6, 6.07) is 16.5. The normalized spacial score (nSPS) is 11.7. The van der Waals surface area contributed by atoms with E-state index in [-0.39, 0.29) is 11.6 Å². The van der Waals surface area contributed by atoms with Gasteiger partial charge in [-0.25, -0.2) is 13.8 Å². The van der Waals surface area contributed by atoms with Crippen LogP contribution in [0.3, 0.4) is 0 Å². The van der Waals surface area contributed by atoms with E-state index in [4.69, 9.17) is 0 Å². The van der Waals surface area contributed by atoms with E-state index >= 15 is 0 Å². The fraction of sp³-hybridized carbons (Fsp3) is 0.100. The summed E-state index contributed by atoms with van der Waals surface area (Å²) < 4.78 is 26.1. The molecule has 132 valence electrons. The summed E-state index contributed by atoms with van der Waals surface area (Å²) in [6.07, 6.45) is 1.60. The summed E-state index contributed by atoms with van der Waals surface area (Å²) in [7, 11) is 0. The molecule has 0 aliphatic carbocycles. The Kier molecular flexibility index (Phi) is 5.22. The second kappa shape index (κ2) is 7.74. The van der Waals surface area contributed by atoms with Gasteiger partial charge in [0.2, 0.25) is 0 Å². The molecule has 1 amide bonds. The van der Waals surface area contributed by atoms with Crippen LogP contribution in [-0.4, -0.2) is 10.9 Å². The maximum Gasteiger partial charge on any atom is 0.256 e. The number of carbonyl (C=O) groups excluding carboxylic acids is 1. The highest BCUT2D eigenvalue weighted by Crippen LogP contribution is 2.19. The van der Waals surface area contributed by atoms with Gasteiger partial charge in [0, 0.05) is 11.6 Å². The number of halogens is 2. The van der Waals surface area contributed by atoms with Gasteiger partial charge in [0.1, 0.15) is 5.82 Å². The Hall–Kier alpha value is -3.28. The highest BCUT2D eigenvalue weighted by molar-refractivity contribution is 6.03. The van der Waals surface area contributed by atoms with Crippen molar-refractivity contribution >= 4 is 17.4 Å². The summed E-state index contributed by atoms with van der Waals surface area (Å²) in [4.78, 5) is 16.2. The lowest BCUT2D eigenvalue weighted by molar-refractivity contribution is 0.102. The average molecular weight is 353 g/mol. The van der Waals surface area contributed by atoms with E-state index in [1.165, 1.54) is 6.07 Å². The van der Waals surface area contributed by atoms with Gasteiger partial charge in [0.25, 0.3) is 5.91 Å². The Balaban J connectivity index is 1.64. The van der Waals surface area contributed by atoms with Crippen molar-refractivity contribution in [3.8, 4) is 0 Å². The van der Waals surface area contributed by atoms with Gasteiger partial charge < -0.3 is 10.6 Å². The summed E-state index contributed by atoms with van der Waals surface area (Å²) in [6.45, 7) is 2.04. The number of amides is 1. The van der Waals surface area contributed by atoms with Crippen LogP contribution in [0.1, 0.15) is 28.9 Å². The van der Waals surface area contributed by atoms with Gasteiger partial charge in [-0.15, -0.1) is 0 Å². The van der Waals surface area contributed by atoms with E-state index in [1.54, 1.807) is 18.3 Å². The molecule has 0 spiro atoms. The molecule has 0 aliphatic rings. The van der Waals surface area contributed by atoms with E-state index in [0.29, 0.717) is 5.82 Å². The van der Waals surface area contributed by atoms with E-state index in [9.17, 15) is 13.6 Å². The van der Waals surface area contributed by atoms with Crippen LogP contribution in [0.4, 0.5) is 20.3 Å². The number of pyridine rings is 1. The predicted octanol–water partition coefficient (Wildman–Crippen LogP) is 4.79. The van der Waals surface area contributed by atoms with Crippen LogP contribution in [0.25, 0.3) is 0 Å². The largest absolute Gasteiger partial charge is 0.377 e. The monoisotopic (exact) mass is 353 g/mol.